The van der Waals surface area contributed by atoms with Crippen LogP contribution in [-0.2, 0) is 16.8 Å². The minimum Gasteiger partial charge on any atom is -0.445 e. The molecule has 0 atom stereocenters. The molecule has 0 unspecified atom stereocenters. The van der Waals surface area contributed by atoms with E-state index in [9.17, 15) is 4.79 Å². The van der Waals surface area contributed by atoms with Gasteiger partial charge < -0.3 is 15.8 Å². The van der Waals surface area contributed by atoms with Crippen LogP contribution in [0.25, 0.3) is 0 Å². The van der Waals surface area contributed by atoms with Gasteiger partial charge in [0.25, 0.3) is 0 Å². The number of carbonyl (C=O) groups excluding carboxylic acids is 1. The van der Waals surface area contributed by atoms with E-state index in [2.05, 4.69) is 37.9 Å². The lowest BCUT2D eigenvalue weighted by Gasteiger charge is -2.19. The number of carbonyl (C=O) groups is 1. The average Bonchev–Trinajstić information content (AvgIpc) is 2.61. The van der Waals surface area contributed by atoms with Crippen molar-refractivity contribution in [2.24, 2.45) is 0 Å². The second kappa shape index (κ2) is 8.96. The van der Waals surface area contributed by atoms with Crippen molar-refractivity contribution in [1.82, 2.24) is 5.32 Å². The highest BCUT2D eigenvalue weighted by Gasteiger charge is 2.14. The predicted octanol–water partition coefficient (Wildman–Crippen LogP) is 4.23. The zero-order valence-corrected chi connectivity index (χ0v) is 15.6. The van der Waals surface area contributed by atoms with E-state index in [-0.39, 0.29) is 12.0 Å². The summed E-state index contributed by atoms with van der Waals surface area (Å²) in [5, 5.41) is 2.69. The Morgan fingerprint density at radius 1 is 1.15 bits per heavy atom. The molecule has 0 aliphatic carbocycles. The standard InChI is InChI=1S/C22H26N2O2/c1-22(2,3)19-12-13-20(23)18(15-19)11-7-8-14-24-21(25)26-16-17-9-5-4-6-10-17/h4-6,9-10,12-13,15H,8,14,16,23H2,1-3H3,(H,24,25). The summed E-state index contributed by atoms with van der Waals surface area (Å²) >= 11 is 0. The van der Waals surface area contributed by atoms with Gasteiger partial charge in [0, 0.05) is 24.2 Å². The first-order chi connectivity index (χ1) is 12.4. The van der Waals surface area contributed by atoms with E-state index < -0.39 is 6.09 Å². The molecule has 2 aromatic rings. The summed E-state index contributed by atoms with van der Waals surface area (Å²) in [6.07, 6.45) is 0.0875. The van der Waals surface area contributed by atoms with Gasteiger partial charge in [0.1, 0.15) is 6.61 Å². The molecule has 0 aliphatic heterocycles. The zero-order chi connectivity index (χ0) is 19.0. The van der Waals surface area contributed by atoms with E-state index in [0.717, 1.165) is 11.1 Å². The monoisotopic (exact) mass is 350 g/mol. The fourth-order valence-corrected chi connectivity index (χ4v) is 2.29. The molecule has 4 nitrogen and oxygen atoms in total. The SMILES string of the molecule is CC(C)(C)c1ccc(N)c(C#CCCNC(=O)OCc2ccccc2)c1. The summed E-state index contributed by atoms with van der Waals surface area (Å²) < 4.78 is 5.15. The van der Waals surface area contributed by atoms with Gasteiger partial charge >= 0.3 is 6.09 Å². The Morgan fingerprint density at radius 3 is 2.58 bits per heavy atom. The van der Waals surface area contributed by atoms with Gasteiger partial charge in [0.15, 0.2) is 0 Å². The molecule has 3 N–H and O–H groups in total. The Bertz CT molecular complexity index is 796. The maximum Gasteiger partial charge on any atom is 0.407 e. The van der Waals surface area contributed by atoms with E-state index in [4.69, 9.17) is 10.5 Å². The van der Waals surface area contributed by atoms with Crippen molar-refractivity contribution in [2.45, 2.75) is 39.2 Å². The molecular weight excluding hydrogens is 324 g/mol. The molecule has 0 aliphatic rings. The number of benzene rings is 2. The highest BCUT2D eigenvalue weighted by molar-refractivity contribution is 5.67. The Kier molecular flexibility index (Phi) is 6.68. The van der Waals surface area contributed by atoms with Crippen LogP contribution in [0.1, 0.15) is 43.9 Å². The number of nitrogens with two attached hydrogens (primary N) is 1. The quantitative estimate of drug-likeness (QED) is 0.493. The Balaban J connectivity index is 1.79. The van der Waals surface area contributed by atoms with Crippen LogP contribution >= 0.6 is 0 Å². The molecule has 0 bridgehead atoms. The molecule has 2 rings (SSSR count). The van der Waals surface area contributed by atoms with Crippen LogP contribution in [0.15, 0.2) is 48.5 Å². The third-order valence-corrected chi connectivity index (χ3v) is 3.87. The maximum atomic E-state index is 11.7. The summed E-state index contributed by atoms with van der Waals surface area (Å²) in [5.41, 5.74) is 9.69. The van der Waals surface area contributed by atoms with Gasteiger partial charge in [-0.3, -0.25) is 0 Å². The second-order valence-electron chi connectivity index (χ2n) is 7.09. The second-order valence-corrected chi connectivity index (χ2v) is 7.09. The Morgan fingerprint density at radius 2 is 1.88 bits per heavy atom. The van der Waals surface area contributed by atoms with Gasteiger partial charge in [0.05, 0.1) is 0 Å². The largest absolute Gasteiger partial charge is 0.445 e. The van der Waals surface area contributed by atoms with E-state index in [1.807, 2.05) is 48.5 Å². The fraction of sp³-hybridized carbons (Fsp3) is 0.318. The van der Waals surface area contributed by atoms with Crippen molar-refractivity contribution in [1.29, 1.82) is 0 Å². The first kappa shape index (κ1) is 19.4. The topological polar surface area (TPSA) is 64.3 Å². The molecule has 0 heterocycles. The van der Waals surface area contributed by atoms with Crippen LogP contribution in [-0.4, -0.2) is 12.6 Å². The summed E-state index contributed by atoms with van der Waals surface area (Å²) in [7, 11) is 0. The lowest BCUT2D eigenvalue weighted by molar-refractivity contribution is 0.140. The molecule has 4 heteroatoms. The first-order valence-electron chi connectivity index (χ1n) is 8.69. The van der Waals surface area contributed by atoms with Crippen molar-refractivity contribution in [3.8, 4) is 11.8 Å². The highest BCUT2D eigenvalue weighted by atomic mass is 16.5. The Hall–Kier alpha value is -2.93. The number of hydrogen-bond donors (Lipinski definition) is 2. The predicted molar refractivity (Wildman–Crippen MR) is 106 cm³/mol. The number of ether oxygens (including phenoxy) is 1. The van der Waals surface area contributed by atoms with Crippen molar-refractivity contribution in [3.05, 3.63) is 65.2 Å². The van der Waals surface area contributed by atoms with Crippen LogP contribution in [0.5, 0.6) is 0 Å². The van der Waals surface area contributed by atoms with E-state index in [1.54, 1.807) is 0 Å². The van der Waals surface area contributed by atoms with Crippen LogP contribution in [0.4, 0.5) is 10.5 Å². The maximum absolute atomic E-state index is 11.7. The summed E-state index contributed by atoms with van der Waals surface area (Å²) in [4.78, 5) is 11.7. The molecule has 0 aromatic heterocycles. The number of alkyl carbamates (subject to hydrolysis) is 1. The molecule has 0 radical (unpaired) electrons. The van der Waals surface area contributed by atoms with E-state index in [1.165, 1.54) is 5.56 Å². The van der Waals surface area contributed by atoms with Gasteiger partial charge in [0.2, 0.25) is 0 Å². The third-order valence-electron chi connectivity index (χ3n) is 3.87. The van der Waals surface area contributed by atoms with Crippen LogP contribution in [0.2, 0.25) is 0 Å². The minimum atomic E-state index is -0.440. The molecule has 0 fully saturated rings. The number of rotatable bonds is 4. The van der Waals surface area contributed by atoms with Crippen LogP contribution < -0.4 is 11.1 Å². The molecule has 0 saturated carbocycles. The fourth-order valence-electron chi connectivity index (χ4n) is 2.29. The van der Waals surface area contributed by atoms with Crippen LogP contribution in [0.3, 0.4) is 0 Å². The summed E-state index contributed by atoms with van der Waals surface area (Å²) in [6.45, 7) is 7.15. The van der Waals surface area contributed by atoms with Gasteiger partial charge in [-0.15, -0.1) is 0 Å². The smallest absolute Gasteiger partial charge is 0.407 e. The van der Waals surface area contributed by atoms with Gasteiger partial charge in [-0.1, -0.05) is 69.0 Å². The molecule has 1 amide bonds. The molecule has 26 heavy (non-hydrogen) atoms. The van der Waals surface area contributed by atoms with Crippen molar-refractivity contribution < 1.29 is 9.53 Å². The molecule has 0 spiro atoms. The molecule has 136 valence electrons. The number of nitrogen functional groups attached to an aromatic ring is 1. The minimum absolute atomic E-state index is 0.0498. The molecule has 0 saturated heterocycles. The third kappa shape index (κ3) is 6.18. The molecular formula is C22H26N2O2. The normalized spacial score (nSPS) is 10.6. The summed E-state index contributed by atoms with van der Waals surface area (Å²) in [6, 6.07) is 15.5. The van der Waals surface area contributed by atoms with Crippen molar-refractivity contribution >= 4 is 11.8 Å². The number of anilines is 1. The lowest BCUT2D eigenvalue weighted by Crippen LogP contribution is -2.24. The number of hydrogen-bond acceptors (Lipinski definition) is 3. The summed E-state index contributed by atoms with van der Waals surface area (Å²) in [5.74, 6) is 6.14. The van der Waals surface area contributed by atoms with Gasteiger partial charge in [-0.05, 0) is 28.7 Å². The Labute approximate surface area is 155 Å². The first-order valence-corrected chi connectivity index (χ1v) is 8.69. The van der Waals surface area contributed by atoms with Crippen molar-refractivity contribution in [3.63, 3.8) is 0 Å². The van der Waals surface area contributed by atoms with Crippen molar-refractivity contribution in [2.75, 3.05) is 12.3 Å². The van der Waals surface area contributed by atoms with Gasteiger partial charge in [-0.2, -0.15) is 0 Å². The van der Waals surface area contributed by atoms with Crippen LogP contribution in [0, 0.1) is 11.8 Å². The van der Waals surface area contributed by atoms with Gasteiger partial charge in [-0.25, -0.2) is 4.79 Å². The number of nitrogens with one attached hydrogen (secondary N) is 1. The zero-order valence-electron chi connectivity index (χ0n) is 15.6. The number of amides is 1. The van der Waals surface area contributed by atoms with E-state index >= 15 is 0 Å². The van der Waals surface area contributed by atoms with E-state index in [0.29, 0.717) is 18.7 Å². The average molecular weight is 350 g/mol. The lowest BCUT2D eigenvalue weighted by atomic mass is 9.86. The highest BCUT2D eigenvalue weighted by Crippen LogP contribution is 2.25. The molecule has 2 aromatic carbocycles.